The largest absolute Gasteiger partial charge is 0.500 e. The van der Waals surface area contributed by atoms with Crippen LogP contribution in [0.25, 0.3) is 132 Å². The third-order valence-electron chi connectivity index (χ3n) is 22.2. The second kappa shape index (κ2) is 40.8. The van der Waals surface area contributed by atoms with E-state index in [2.05, 4.69) is 195 Å². The molecule has 627 valence electrons. The monoisotopic (exact) mass is 2240 g/mol. The van der Waals surface area contributed by atoms with Gasteiger partial charge >= 0.3 is 0 Å². The molecular weight excluding hydrogens is 2140 g/mol. The van der Waals surface area contributed by atoms with Crippen molar-refractivity contribution in [3.63, 3.8) is 0 Å². The molecule has 10 aromatic carbocycles. The van der Waals surface area contributed by atoms with Crippen molar-refractivity contribution in [2.24, 2.45) is 0 Å². The number of rotatable bonds is 10. The van der Waals surface area contributed by atoms with Gasteiger partial charge in [0.25, 0.3) is 0 Å². The third kappa shape index (κ3) is 20.8. The van der Waals surface area contributed by atoms with Crippen LogP contribution in [0.15, 0.2) is 324 Å². The van der Waals surface area contributed by atoms with Gasteiger partial charge in [0.2, 0.25) is 0 Å². The zero-order valence-corrected chi connectivity index (χ0v) is 82.6. The number of para-hydroxylation sites is 1. The Morgan fingerprint density at radius 2 is 0.766 bits per heavy atom. The number of sulfone groups is 1. The predicted molar refractivity (Wildman–Crippen MR) is 510 cm³/mol. The fourth-order valence-electron chi connectivity index (χ4n) is 16.2. The molecule has 0 bridgehead atoms. The van der Waals surface area contributed by atoms with Gasteiger partial charge in [-0.1, -0.05) is 230 Å². The summed E-state index contributed by atoms with van der Waals surface area (Å²) in [6.45, 7) is 21.5. The van der Waals surface area contributed by atoms with Gasteiger partial charge in [-0.3, -0.25) is 0 Å². The number of hydrogen-bond donors (Lipinski definition) is 0. The zero-order valence-electron chi connectivity index (χ0n) is 70.8. The summed E-state index contributed by atoms with van der Waals surface area (Å²) in [6.07, 6.45) is 21.5. The van der Waals surface area contributed by atoms with Gasteiger partial charge in [-0.05, 0) is 164 Å². The Bertz CT molecular complexity index is 6320. The number of benzene rings is 10. The average molecular weight is 2240 g/mol. The first kappa shape index (κ1) is 91.4. The molecule has 124 heavy (non-hydrogen) atoms. The van der Waals surface area contributed by atoms with Crippen molar-refractivity contribution in [3.8, 4) is 89.8 Å². The predicted octanol–water partition coefficient (Wildman–Crippen LogP) is 25.4. The molecule has 1 aliphatic heterocycles. The van der Waals surface area contributed by atoms with Crippen LogP contribution in [0.2, 0.25) is 58.9 Å². The molecule has 21 rings (SSSR count). The molecule has 3 aliphatic rings. The fourth-order valence-corrected chi connectivity index (χ4v) is 23.7. The van der Waals surface area contributed by atoms with Crippen molar-refractivity contribution in [1.29, 1.82) is 0 Å². The molecule has 0 fully saturated rings. The molecule has 3 radical (unpaired) electrons. The van der Waals surface area contributed by atoms with Gasteiger partial charge in [0.15, 0.2) is 9.84 Å². The minimum absolute atomic E-state index is 0. The van der Waals surface area contributed by atoms with Gasteiger partial charge in [-0.2, -0.15) is 11.3 Å². The van der Waals surface area contributed by atoms with Gasteiger partial charge in [-0.25, -0.2) is 8.42 Å². The molecule has 0 saturated heterocycles. The molecule has 17 heteroatoms. The van der Waals surface area contributed by atoms with E-state index in [0.717, 1.165) is 119 Å². The summed E-state index contributed by atoms with van der Waals surface area (Å²) in [4.78, 5) is 28.2. The maximum Gasteiger partial charge on any atom is 0.173 e. The molecule has 8 aromatic heterocycles. The first-order chi connectivity index (χ1) is 58.7. The van der Waals surface area contributed by atoms with E-state index in [1.165, 1.54) is 85.9 Å². The van der Waals surface area contributed by atoms with Crippen LogP contribution in [0.4, 0.5) is 0 Å². The topological polar surface area (TPSA) is 125 Å². The van der Waals surface area contributed by atoms with E-state index in [1.807, 2.05) is 200 Å². The van der Waals surface area contributed by atoms with E-state index in [4.69, 9.17) is 19.4 Å². The van der Waals surface area contributed by atoms with Crippen LogP contribution < -0.4 is 15.6 Å². The van der Waals surface area contributed by atoms with Crippen LogP contribution in [0.3, 0.4) is 0 Å². The van der Waals surface area contributed by atoms with E-state index in [0.29, 0.717) is 9.79 Å². The number of hydrogen-bond acceptors (Lipinski definition) is 10. The summed E-state index contributed by atoms with van der Waals surface area (Å²) >= 11 is 1.85. The molecule has 9 heterocycles. The number of thiophene rings is 1. The summed E-state index contributed by atoms with van der Waals surface area (Å²) in [6, 6.07) is 110. The molecule has 0 atom stereocenters. The standard InChI is InChI=1S/C26H22NO2SSi.C24H24NOSi.C24H24NSSi.3C11H8N.3Ir/c1-31(2,3)25-16-20(18-9-5-4-6-10-18)17-27-26(25)19-13-14-24-22(15-19)21-11-7-8-12-23(21)30(24,28)29;2*1-27(2,3)23-15-25-24(19-10-5-4-9-18(19)23)16-12-13-22-20(14-16)17-8-6-7-11-21(17)26-22;3*1-2-6-10(7-3-1)11-8-4-5-9-12-11;;;/h4-12,14-17H,1-3H3;2*6-8,11,13-15H,4-5,9-10H2,1-3H3;3*1-6,8-9H;;;/q6*-1;;;. The van der Waals surface area contributed by atoms with E-state index >= 15 is 0 Å². The Morgan fingerprint density at radius 1 is 0.323 bits per heavy atom. The number of furan rings is 1. The summed E-state index contributed by atoms with van der Waals surface area (Å²) in [7, 11) is -8.01. The Labute approximate surface area is 777 Å². The molecule has 0 saturated carbocycles. The Hall–Kier alpha value is -10.3. The summed E-state index contributed by atoms with van der Waals surface area (Å²) in [5.74, 6) is 0. The van der Waals surface area contributed by atoms with Crippen molar-refractivity contribution in [2.75, 3.05) is 0 Å². The van der Waals surface area contributed by atoms with Gasteiger partial charge in [-0.15, -0.1) is 179 Å². The van der Waals surface area contributed by atoms with Gasteiger partial charge in [0.1, 0.15) is 5.58 Å². The van der Waals surface area contributed by atoms with Crippen molar-refractivity contribution in [2.45, 2.75) is 120 Å². The zero-order chi connectivity index (χ0) is 83.7. The fraction of sp³-hybridized carbons (Fsp3) is 0.159. The van der Waals surface area contributed by atoms with Crippen LogP contribution >= 0.6 is 11.3 Å². The van der Waals surface area contributed by atoms with E-state index in [1.54, 1.807) is 53.1 Å². The molecule has 0 unspecified atom stereocenters. The van der Waals surface area contributed by atoms with Gasteiger partial charge < -0.3 is 34.3 Å². The number of fused-ring (bicyclic) bond motifs is 11. The molecule has 0 N–H and O–H groups in total. The number of nitrogens with zero attached hydrogens (tertiary/aromatic N) is 6. The maximum atomic E-state index is 12.9. The van der Waals surface area contributed by atoms with Crippen LogP contribution in [-0.4, -0.2) is 62.5 Å². The molecular formula is C107H94Ir3N6O3S2Si3-6. The molecule has 9 nitrogen and oxygen atoms in total. The quantitative estimate of drug-likeness (QED) is 0.0972. The molecule has 0 spiro atoms. The van der Waals surface area contributed by atoms with Crippen LogP contribution in [-0.2, 0) is 95.8 Å². The Balaban J connectivity index is 0.000000132. The molecule has 0 amide bonds. The Morgan fingerprint density at radius 3 is 1.28 bits per heavy atom. The van der Waals surface area contributed by atoms with E-state index < -0.39 is 34.1 Å². The van der Waals surface area contributed by atoms with Gasteiger partial charge in [0, 0.05) is 108 Å². The first-order valence-electron chi connectivity index (χ1n) is 41.5. The van der Waals surface area contributed by atoms with Gasteiger partial charge in [0.05, 0.1) is 34.7 Å². The second-order valence-electron chi connectivity index (χ2n) is 33.6. The summed E-state index contributed by atoms with van der Waals surface area (Å²) in [5, 5.41) is 9.33. The first-order valence-corrected chi connectivity index (χ1v) is 54.3. The minimum atomic E-state index is -3.49. The molecule has 18 aromatic rings. The Kier molecular flexibility index (Phi) is 30.0. The minimum Gasteiger partial charge on any atom is -0.500 e. The van der Waals surface area contributed by atoms with Crippen LogP contribution in [0.5, 0.6) is 0 Å². The van der Waals surface area contributed by atoms with Crippen molar-refractivity contribution in [1.82, 2.24) is 29.9 Å². The number of aromatic nitrogens is 6. The smallest absolute Gasteiger partial charge is 0.173 e. The van der Waals surface area contributed by atoms with Crippen molar-refractivity contribution >= 4 is 103 Å². The average Bonchev–Trinajstić information content (AvgIpc) is 1.56. The summed E-state index contributed by atoms with van der Waals surface area (Å²) in [5.41, 5.74) is 24.0. The van der Waals surface area contributed by atoms with Crippen LogP contribution in [0, 0.1) is 36.4 Å². The summed E-state index contributed by atoms with van der Waals surface area (Å²) < 4.78 is 34.5. The van der Waals surface area contributed by atoms with E-state index in [-0.39, 0.29) is 60.3 Å². The van der Waals surface area contributed by atoms with E-state index in [9.17, 15) is 8.42 Å². The van der Waals surface area contributed by atoms with Crippen molar-refractivity contribution < 1.29 is 73.2 Å². The third-order valence-corrected chi connectivity index (χ3v) is 31.3. The normalized spacial score (nSPS) is 12.7. The number of pyridine rings is 6. The van der Waals surface area contributed by atoms with Crippen molar-refractivity contribution in [3.05, 3.63) is 369 Å². The second-order valence-corrected chi connectivity index (χ2v) is 51.7. The SMILES string of the molecule is C[Si](C)(C)c1cc(-c2ccccc2)cnc1-c1[c-]cc2c(c1)-c1ccccc1S2(=O)=O.C[Si](C)(C)c1cnc(-c2[c-]cc3oc4ccccc4c3c2)c2c1CCCC2.C[Si](C)(C)c1cnc(-c2[c-]cc3sc4ccccc4c3c2)c2c1CCCC2.[Ir].[Ir].[Ir].[c-]1ccccc1-c1ccccn1.[c-]1ccccc1-c1ccccn1.[c-]1ccccc1-c1ccccn1. The van der Waals surface area contributed by atoms with Crippen LogP contribution in [0.1, 0.15) is 47.9 Å². The molecule has 2 aliphatic carbocycles. The maximum absolute atomic E-state index is 12.9.